The number of hydrogen-bond donors (Lipinski definition) is 2. The van der Waals surface area contributed by atoms with Crippen LogP contribution < -0.4 is 5.32 Å². The summed E-state index contributed by atoms with van der Waals surface area (Å²) in [5, 5.41) is 22.7. The first-order valence-corrected chi connectivity index (χ1v) is 9.00. The van der Waals surface area contributed by atoms with Crippen molar-refractivity contribution in [2.75, 3.05) is 32.0 Å². The SMILES string of the molecule is CC(C(=O)Nc1ccccc1[N+](=O)[O-])N1CCCC(N(C)CC(=O)O)CC1.Cl. The Morgan fingerprint density at radius 3 is 2.68 bits per heavy atom. The molecular formula is C18H27ClN4O5. The molecule has 1 aliphatic heterocycles. The van der Waals surface area contributed by atoms with Crippen LogP contribution in [0.3, 0.4) is 0 Å². The number of benzene rings is 1. The number of likely N-dealkylation sites (N-methyl/N-ethyl adjacent to an activating group) is 1. The third-order valence-electron chi connectivity index (χ3n) is 5.03. The smallest absolute Gasteiger partial charge is 0.317 e. The van der Waals surface area contributed by atoms with Crippen molar-refractivity contribution in [2.45, 2.75) is 38.3 Å². The second-order valence-electron chi connectivity index (χ2n) is 6.87. The van der Waals surface area contributed by atoms with E-state index in [1.807, 2.05) is 9.80 Å². The number of nitrogens with zero attached hydrogens (tertiary/aromatic N) is 3. The predicted molar refractivity (Wildman–Crippen MR) is 108 cm³/mol. The van der Waals surface area contributed by atoms with Crippen LogP contribution in [0.25, 0.3) is 0 Å². The van der Waals surface area contributed by atoms with Gasteiger partial charge >= 0.3 is 5.97 Å². The summed E-state index contributed by atoms with van der Waals surface area (Å²) < 4.78 is 0. The van der Waals surface area contributed by atoms with Crippen molar-refractivity contribution in [2.24, 2.45) is 0 Å². The zero-order valence-electron chi connectivity index (χ0n) is 16.0. The Hall–Kier alpha value is -2.23. The summed E-state index contributed by atoms with van der Waals surface area (Å²) in [6, 6.07) is 5.80. The van der Waals surface area contributed by atoms with E-state index in [1.54, 1.807) is 26.1 Å². The molecule has 2 unspecified atom stereocenters. The number of carboxylic acid groups (broad SMARTS) is 1. The van der Waals surface area contributed by atoms with Gasteiger partial charge in [-0.3, -0.25) is 29.5 Å². The molecule has 1 amide bonds. The third-order valence-corrected chi connectivity index (χ3v) is 5.03. The molecule has 0 radical (unpaired) electrons. The van der Waals surface area contributed by atoms with Gasteiger partial charge in [0.2, 0.25) is 5.91 Å². The predicted octanol–water partition coefficient (Wildman–Crippen LogP) is 2.21. The van der Waals surface area contributed by atoms with Crippen LogP contribution in [0.1, 0.15) is 26.2 Å². The van der Waals surface area contributed by atoms with Gasteiger partial charge in [0, 0.05) is 18.7 Å². The van der Waals surface area contributed by atoms with Crippen molar-refractivity contribution < 1.29 is 19.6 Å². The monoisotopic (exact) mass is 414 g/mol. The second-order valence-corrected chi connectivity index (χ2v) is 6.87. The van der Waals surface area contributed by atoms with Gasteiger partial charge in [-0.1, -0.05) is 12.1 Å². The summed E-state index contributed by atoms with van der Waals surface area (Å²) in [5.74, 6) is -1.14. The number of nitro benzene ring substituents is 1. The highest BCUT2D eigenvalue weighted by Gasteiger charge is 2.27. The number of halogens is 1. The van der Waals surface area contributed by atoms with Gasteiger partial charge in [0.05, 0.1) is 17.5 Å². The van der Waals surface area contributed by atoms with E-state index in [0.29, 0.717) is 6.54 Å². The summed E-state index contributed by atoms with van der Waals surface area (Å²) in [4.78, 5) is 37.9. The fourth-order valence-electron chi connectivity index (χ4n) is 3.41. The zero-order chi connectivity index (χ0) is 20.0. The lowest BCUT2D eigenvalue weighted by molar-refractivity contribution is -0.383. The maximum absolute atomic E-state index is 12.6. The third kappa shape index (κ3) is 6.43. The Labute approximate surface area is 170 Å². The molecule has 1 fully saturated rings. The molecule has 10 heteroatoms. The van der Waals surface area contributed by atoms with E-state index in [-0.39, 0.29) is 42.3 Å². The summed E-state index contributed by atoms with van der Waals surface area (Å²) in [6.45, 7) is 3.17. The van der Waals surface area contributed by atoms with Crippen LogP contribution in [0.2, 0.25) is 0 Å². The maximum atomic E-state index is 12.6. The van der Waals surface area contributed by atoms with Crippen LogP contribution in [0.5, 0.6) is 0 Å². The number of anilines is 1. The summed E-state index contributed by atoms with van der Waals surface area (Å²) >= 11 is 0. The molecule has 2 atom stereocenters. The minimum absolute atomic E-state index is 0. The van der Waals surface area contributed by atoms with Crippen LogP contribution in [-0.2, 0) is 9.59 Å². The summed E-state index contributed by atoms with van der Waals surface area (Å²) in [5.41, 5.74) is 0.0533. The number of rotatable bonds is 7. The Kier molecular flexibility index (Phi) is 9.30. The number of carboxylic acids is 1. The minimum atomic E-state index is -0.851. The standard InChI is InChI=1S/C18H26N4O5.ClH/c1-13(18(25)19-15-7-3-4-8-16(15)22(26)27)21-10-5-6-14(9-11-21)20(2)12-17(23)24;/h3-4,7-8,13-14H,5-6,9-12H2,1-2H3,(H,19,25)(H,23,24);1H. The number of para-hydroxylation sites is 2. The van der Waals surface area contributed by atoms with E-state index < -0.39 is 16.9 Å². The number of carbonyl (C=O) groups excluding carboxylic acids is 1. The van der Waals surface area contributed by atoms with Gasteiger partial charge in [0.15, 0.2) is 0 Å². The number of amides is 1. The Balaban J connectivity index is 0.00000392. The first kappa shape index (κ1) is 23.8. The topological polar surface area (TPSA) is 116 Å². The largest absolute Gasteiger partial charge is 0.480 e. The molecular weight excluding hydrogens is 388 g/mol. The summed E-state index contributed by atoms with van der Waals surface area (Å²) in [6.07, 6.45) is 2.50. The molecule has 28 heavy (non-hydrogen) atoms. The van der Waals surface area contributed by atoms with Crippen molar-refractivity contribution in [3.05, 3.63) is 34.4 Å². The number of aliphatic carboxylic acids is 1. The Bertz CT molecular complexity index is 702. The molecule has 1 aromatic rings. The van der Waals surface area contributed by atoms with E-state index in [9.17, 15) is 19.7 Å². The average molecular weight is 415 g/mol. The zero-order valence-corrected chi connectivity index (χ0v) is 16.9. The lowest BCUT2D eigenvalue weighted by atomic mass is 10.1. The quantitative estimate of drug-likeness (QED) is 0.519. The fourth-order valence-corrected chi connectivity index (χ4v) is 3.41. The van der Waals surface area contributed by atoms with Crippen LogP contribution >= 0.6 is 12.4 Å². The van der Waals surface area contributed by atoms with Gasteiger partial charge in [-0.15, -0.1) is 12.4 Å². The van der Waals surface area contributed by atoms with Crippen LogP contribution in [0.15, 0.2) is 24.3 Å². The van der Waals surface area contributed by atoms with Crippen molar-refractivity contribution in [3.63, 3.8) is 0 Å². The molecule has 156 valence electrons. The van der Waals surface area contributed by atoms with Crippen molar-refractivity contribution in [1.29, 1.82) is 0 Å². The normalized spacial score (nSPS) is 18.6. The minimum Gasteiger partial charge on any atom is -0.480 e. The van der Waals surface area contributed by atoms with E-state index >= 15 is 0 Å². The number of hydrogen-bond acceptors (Lipinski definition) is 6. The molecule has 9 nitrogen and oxygen atoms in total. The molecule has 0 aromatic heterocycles. The number of nitrogens with one attached hydrogen (secondary N) is 1. The number of nitro groups is 1. The van der Waals surface area contributed by atoms with Gasteiger partial charge in [0.25, 0.3) is 5.69 Å². The van der Waals surface area contributed by atoms with Crippen LogP contribution in [0.4, 0.5) is 11.4 Å². The Morgan fingerprint density at radius 1 is 1.36 bits per heavy atom. The van der Waals surface area contributed by atoms with Crippen LogP contribution in [-0.4, -0.2) is 70.5 Å². The molecule has 0 saturated carbocycles. The number of likely N-dealkylation sites (tertiary alicyclic amines) is 1. The molecule has 1 heterocycles. The second kappa shape index (κ2) is 10.9. The van der Waals surface area contributed by atoms with E-state index in [0.717, 1.165) is 25.8 Å². The van der Waals surface area contributed by atoms with Crippen LogP contribution in [0, 0.1) is 10.1 Å². The lowest BCUT2D eigenvalue weighted by Crippen LogP contribution is -2.43. The van der Waals surface area contributed by atoms with Gasteiger partial charge in [-0.05, 0) is 45.8 Å². The van der Waals surface area contributed by atoms with Crippen molar-refractivity contribution in [3.8, 4) is 0 Å². The van der Waals surface area contributed by atoms with E-state index in [1.165, 1.54) is 12.1 Å². The molecule has 0 aliphatic carbocycles. The first-order chi connectivity index (χ1) is 12.8. The van der Waals surface area contributed by atoms with Gasteiger partial charge < -0.3 is 10.4 Å². The Morgan fingerprint density at radius 2 is 2.04 bits per heavy atom. The van der Waals surface area contributed by atoms with Gasteiger partial charge in [-0.25, -0.2) is 0 Å². The van der Waals surface area contributed by atoms with Crippen molar-refractivity contribution in [1.82, 2.24) is 9.80 Å². The maximum Gasteiger partial charge on any atom is 0.317 e. The average Bonchev–Trinajstić information content (AvgIpc) is 2.87. The molecule has 0 bridgehead atoms. The first-order valence-electron chi connectivity index (χ1n) is 9.00. The highest BCUT2D eigenvalue weighted by Crippen LogP contribution is 2.24. The molecule has 1 saturated heterocycles. The van der Waals surface area contributed by atoms with Crippen molar-refractivity contribution >= 4 is 35.7 Å². The molecule has 1 aromatic carbocycles. The van der Waals surface area contributed by atoms with Gasteiger partial charge in [-0.2, -0.15) is 0 Å². The summed E-state index contributed by atoms with van der Waals surface area (Å²) in [7, 11) is 1.80. The molecule has 0 spiro atoms. The molecule has 1 aliphatic rings. The fraction of sp³-hybridized carbons (Fsp3) is 0.556. The lowest BCUT2D eigenvalue weighted by Gasteiger charge is -2.28. The highest BCUT2D eigenvalue weighted by atomic mass is 35.5. The van der Waals surface area contributed by atoms with E-state index in [4.69, 9.17) is 5.11 Å². The van der Waals surface area contributed by atoms with E-state index in [2.05, 4.69) is 5.32 Å². The number of carbonyl (C=O) groups is 2. The highest BCUT2D eigenvalue weighted by molar-refractivity contribution is 5.96. The molecule has 2 rings (SSSR count). The van der Waals surface area contributed by atoms with Gasteiger partial charge in [0.1, 0.15) is 5.69 Å². The molecule has 2 N–H and O–H groups in total.